The summed E-state index contributed by atoms with van der Waals surface area (Å²) < 4.78 is 0. The van der Waals surface area contributed by atoms with Crippen LogP contribution < -0.4 is 5.73 Å². The van der Waals surface area contributed by atoms with Crippen molar-refractivity contribution in [2.75, 3.05) is 25.4 Å². The lowest BCUT2D eigenvalue weighted by molar-refractivity contribution is 0.154. The molecule has 106 valence electrons. The SMILES string of the molecule is CCCN(Cc1ccccc1N)C(=O)N(CC)CC. The van der Waals surface area contributed by atoms with E-state index in [1.54, 1.807) is 0 Å². The molecule has 1 aromatic rings. The molecule has 4 heteroatoms. The third kappa shape index (κ3) is 4.16. The Kier molecular flexibility index (Phi) is 6.19. The lowest BCUT2D eigenvalue weighted by Crippen LogP contribution is -2.43. The summed E-state index contributed by atoms with van der Waals surface area (Å²) in [6, 6.07) is 7.82. The zero-order valence-corrected chi connectivity index (χ0v) is 12.2. The molecule has 1 aromatic carbocycles. The number of anilines is 1. The number of nitrogens with zero attached hydrogens (tertiary/aromatic N) is 2. The predicted octanol–water partition coefficient (Wildman–Crippen LogP) is 2.94. The van der Waals surface area contributed by atoms with Gasteiger partial charge in [-0.1, -0.05) is 25.1 Å². The molecular weight excluding hydrogens is 238 g/mol. The fourth-order valence-electron chi connectivity index (χ4n) is 2.09. The summed E-state index contributed by atoms with van der Waals surface area (Å²) in [5.74, 6) is 0. The molecule has 4 nitrogen and oxygen atoms in total. The average Bonchev–Trinajstić information content (AvgIpc) is 2.42. The summed E-state index contributed by atoms with van der Waals surface area (Å²) in [7, 11) is 0. The van der Waals surface area contributed by atoms with E-state index in [9.17, 15) is 4.79 Å². The van der Waals surface area contributed by atoms with E-state index < -0.39 is 0 Å². The standard InChI is InChI=1S/C15H25N3O/c1-4-11-18(15(19)17(5-2)6-3)12-13-9-7-8-10-14(13)16/h7-10H,4-6,11-12,16H2,1-3H3. The van der Waals surface area contributed by atoms with Crippen molar-refractivity contribution in [3.63, 3.8) is 0 Å². The predicted molar refractivity (Wildman–Crippen MR) is 79.9 cm³/mol. The Balaban J connectivity index is 2.83. The molecule has 0 aliphatic heterocycles. The van der Waals surface area contributed by atoms with E-state index in [0.717, 1.165) is 37.3 Å². The van der Waals surface area contributed by atoms with E-state index in [2.05, 4.69) is 6.92 Å². The molecule has 0 atom stereocenters. The molecule has 0 aromatic heterocycles. The topological polar surface area (TPSA) is 49.6 Å². The number of nitrogen functional groups attached to an aromatic ring is 1. The van der Waals surface area contributed by atoms with Gasteiger partial charge in [0, 0.05) is 31.9 Å². The molecule has 0 saturated heterocycles. The summed E-state index contributed by atoms with van der Waals surface area (Å²) in [6.45, 7) is 8.89. The van der Waals surface area contributed by atoms with Gasteiger partial charge in [0.15, 0.2) is 0 Å². The summed E-state index contributed by atoms with van der Waals surface area (Å²) in [5.41, 5.74) is 7.71. The molecule has 0 aliphatic rings. The smallest absolute Gasteiger partial charge is 0.320 e. The van der Waals surface area contributed by atoms with Gasteiger partial charge in [-0.05, 0) is 31.9 Å². The minimum atomic E-state index is 0.0927. The molecule has 0 unspecified atom stereocenters. The molecule has 2 N–H and O–H groups in total. The van der Waals surface area contributed by atoms with Crippen LogP contribution in [0.4, 0.5) is 10.5 Å². The maximum atomic E-state index is 12.4. The van der Waals surface area contributed by atoms with Crippen molar-refractivity contribution in [2.45, 2.75) is 33.7 Å². The number of para-hydroxylation sites is 1. The van der Waals surface area contributed by atoms with E-state index in [1.807, 2.05) is 47.9 Å². The van der Waals surface area contributed by atoms with Gasteiger partial charge in [0.2, 0.25) is 0 Å². The van der Waals surface area contributed by atoms with Crippen molar-refractivity contribution in [2.24, 2.45) is 0 Å². The summed E-state index contributed by atoms with van der Waals surface area (Å²) in [6.07, 6.45) is 0.944. The molecule has 2 amide bonds. The number of carbonyl (C=O) groups is 1. The molecule has 0 fully saturated rings. The monoisotopic (exact) mass is 263 g/mol. The lowest BCUT2D eigenvalue weighted by atomic mass is 10.1. The van der Waals surface area contributed by atoms with Gasteiger partial charge < -0.3 is 15.5 Å². The highest BCUT2D eigenvalue weighted by Crippen LogP contribution is 2.15. The van der Waals surface area contributed by atoms with Crippen LogP contribution in [0.15, 0.2) is 24.3 Å². The molecule has 0 saturated carbocycles. The van der Waals surface area contributed by atoms with Crippen LogP contribution >= 0.6 is 0 Å². The second-order valence-electron chi connectivity index (χ2n) is 4.58. The number of urea groups is 1. The third-order valence-corrected chi connectivity index (χ3v) is 3.21. The van der Waals surface area contributed by atoms with Crippen molar-refractivity contribution in [1.29, 1.82) is 0 Å². The van der Waals surface area contributed by atoms with Gasteiger partial charge in [0.25, 0.3) is 0 Å². The number of benzene rings is 1. The van der Waals surface area contributed by atoms with E-state index in [-0.39, 0.29) is 6.03 Å². The first-order valence-electron chi connectivity index (χ1n) is 7.01. The van der Waals surface area contributed by atoms with Crippen molar-refractivity contribution >= 4 is 11.7 Å². The molecule has 0 heterocycles. The van der Waals surface area contributed by atoms with Crippen LogP contribution in [0.3, 0.4) is 0 Å². The molecule has 0 radical (unpaired) electrons. The van der Waals surface area contributed by atoms with Gasteiger partial charge in [0.05, 0.1) is 0 Å². The second-order valence-corrected chi connectivity index (χ2v) is 4.58. The number of hydrogen-bond donors (Lipinski definition) is 1. The first kappa shape index (κ1) is 15.3. The summed E-state index contributed by atoms with van der Waals surface area (Å²) in [4.78, 5) is 16.1. The first-order chi connectivity index (χ1) is 9.13. The van der Waals surface area contributed by atoms with Crippen molar-refractivity contribution < 1.29 is 4.79 Å². The Morgan fingerprint density at radius 3 is 2.26 bits per heavy atom. The fourth-order valence-corrected chi connectivity index (χ4v) is 2.09. The van der Waals surface area contributed by atoms with Crippen LogP contribution in [-0.4, -0.2) is 35.5 Å². The molecule has 0 aliphatic carbocycles. The minimum absolute atomic E-state index is 0.0927. The highest BCUT2D eigenvalue weighted by atomic mass is 16.2. The number of hydrogen-bond acceptors (Lipinski definition) is 2. The molecule has 19 heavy (non-hydrogen) atoms. The summed E-state index contributed by atoms with van der Waals surface area (Å²) in [5, 5.41) is 0. The number of rotatable bonds is 6. The van der Waals surface area contributed by atoms with Crippen LogP contribution in [0.5, 0.6) is 0 Å². The second kappa shape index (κ2) is 7.67. The van der Waals surface area contributed by atoms with Crippen LogP contribution in [0.1, 0.15) is 32.8 Å². The van der Waals surface area contributed by atoms with Gasteiger partial charge in [-0.25, -0.2) is 4.79 Å². The normalized spacial score (nSPS) is 10.3. The number of carbonyl (C=O) groups excluding carboxylic acids is 1. The Labute approximate surface area is 116 Å². The van der Waals surface area contributed by atoms with Crippen LogP contribution in [-0.2, 0) is 6.54 Å². The zero-order valence-electron chi connectivity index (χ0n) is 12.2. The number of nitrogens with two attached hydrogens (primary N) is 1. The Hall–Kier alpha value is -1.71. The quantitative estimate of drug-likeness (QED) is 0.802. The maximum absolute atomic E-state index is 12.4. The van der Waals surface area contributed by atoms with Crippen LogP contribution in [0, 0.1) is 0 Å². The molecule has 1 rings (SSSR count). The summed E-state index contributed by atoms with van der Waals surface area (Å²) >= 11 is 0. The van der Waals surface area contributed by atoms with Crippen LogP contribution in [0.2, 0.25) is 0 Å². The van der Waals surface area contributed by atoms with Crippen molar-refractivity contribution in [1.82, 2.24) is 9.80 Å². The third-order valence-electron chi connectivity index (χ3n) is 3.21. The molecule has 0 bridgehead atoms. The van der Waals surface area contributed by atoms with Crippen LogP contribution in [0.25, 0.3) is 0 Å². The van der Waals surface area contributed by atoms with E-state index in [4.69, 9.17) is 5.73 Å². The highest BCUT2D eigenvalue weighted by molar-refractivity contribution is 5.74. The van der Waals surface area contributed by atoms with Gasteiger partial charge in [-0.3, -0.25) is 0 Å². The maximum Gasteiger partial charge on any atom is 0.320 e. The first-order valence-corrected chi connectivity index (χ1v) is 7.01. The van der Waals surface area contributed by atoms with E-state index >= 15 is 0 Å². The highest BCUT2D eigenvalue weighted by Gasteiger charge is 2.18. The van der Waals surface area contributed by atoms with Gasteiger partial charge >= 0.3 is 6.03 Å². The van der Waals surface area contributed by atoms with E-state index in [1.165, 1.54) is 0 Å². The van der Waals surface area contributed by atoms with Gasteiger partial charge in [0.1, 0.15) is 0 Å². The van der Waals surface area contributed by atoms with Crippen molar-refractivity contribution in [3.8, 4) is 0 Å². The number of amides is 2. The Bertz CT molecular complexity index is 402. The molecular formula is C15H25N3O. The fraction of sp³-hybridized carbons (Fsp3) is 0.533. The lowest BCUT2D eigenvalue weighted by Gasteiger charge is -2.29. The van der Waals surface area contributed by atoms with Gasteiger partial charge in [-0.2, -0.15) is 0 Å². The Morgan fingerprint density at radius 2 is 1.74 bits per heavy atom. The zero-order chi connectivity index (χ0) is 14.3. The van der Waals surface area contributed by atoms with Crippen molar-refractivity contribution in [3.05, 3.63) is 29.8 Å². The van der Waals surface area contributed by atoms with Gasteiger partial charge in [-0.15, -0.1) is 0 Å². The Morgan fingerprint density at radius 1 is 1.11 bits per heavy atom. The molecule has 0 spiro atoms. The minimum Gasteiger partial charge on any atom is -0.398 e. The van der Waals surface area contributed by atoms with E-state index in [0.29, 0.717) is 6.54 Å². The largest absolute Gasteiger partial charge is 0.398 e. The average molecular weight is 263 g/mol.